The summed E-state index contributed by atoms with van der Waals surface area (Å²) in [5, 5.41) is 8.73. The van der Waals surface area contributed by atoms with E-state index in [1.54, 1.807) is 18.4 Å². The van der Waals surface area contributed by atoms with Gasteiger partial charge in [-0.3, -0.25) is 4.99 Å². The summed E-state index contributed by atoms with van der Waals surface area (Å²) in [5.74, 6) is 1.80. The highest BCUT2D eigenvalue weighted by Crippen LogP contribution is 2.18. The lowest BCUT2D eigenvalue weighted by Gasteiger charge is -2.36. The van der Waals surface area contributed by atoms with Gasteiger partial charge in [0.15, 0.2) is 5.96 Å². The summed E-state index contributed by atoms with van der Waals surface area (Å²) in [4.78, 5) is 12.5. The number of guanidine groups is 1. The van der Waals surface area contributed by atoms with E-state index in [0.29, 0.717) is 6.54 Å². The minimum Gasteiger partial charge on any atom is -0.372 e. The Bertz CT molecular complexity index is 697. The molecule has 1 aliphatic rings. The van der Waals surface area contributed by atoms with Gasteiger partial charge in [0.05, 0.1) is 18.8 Å². The van der Waals surface area contributed by atoms with Crippen LogP contribution in [0.3, 0.4) is 0 Å². The number of morpholine rings is 1. The monoisotopic (exact) mass is 501 g/mol. The van der Waals surface area contributed by atoms with Gasteiger partial charge in [-0.2, -0.15) is 0 Å². The molecule has 0 saturated carbocycles. The summed E-state index contributed by atoms with van der Waals surface area (Å²) in [6.45, 7) is 7.45. The highest BCUT2D eigenvalue weighted by atomic mass is 127. The van der Waals surface area contributed by atoms with E-state index < -0.39 is 0 Å². The Morgan fingerprint density at radius 1 is 1.22 bits per heavy atom. The standard InChI is InChI=1S/C19H27N5OS.HI/c1-14-12-24(13-15(2)25-14)18-7-6-16(9-21-18)10-22-19(20-3)23-11-17-5-4-8-26-17;/h4-9,14-15H,10-13H2,1-3H3,(H2,20,22,23);1H. The first-order chi connectivity index (χ1) is 12.6. The molecule has 2 aromatic rings. The molecule has 1 fully saturated rings. The minimum atomic E-state index is 0. The van der Waals surface area contributed by atoms with Crippen molar-refractivity contribution in [3.8, 4) is 0 Å². The lowest BCUT2D eigenvalue weighted by Crippen LogP contribution is -2.45. The number of pyridine rings is 1. The molecule has 0 aromatic carbocycles. The maximum absolute atomic E-state index is 5.79. The van der Waals surface area contributed by atoms with Crippen molar-refractivity contribution in [2.45, 2.75) is 39.1 Å². The Kier molecular flexibility index (Phi) is 8.78. The molecule has 148 valence electrons. The quantitative estimate of drug-likeness (QED) is 0.374. The highest BCUT2D eigenvalue weighted by Gasteiger charge is 2.22. The first-order valence-corrected chi connectivity index (χ1v) is 9.84. The molecule has 0 amide bonds. The lowest BCUT2D eigenvalue weighted by molar-refractivity contribution is -0.00545. The number of anilines is 1. The maximum atomic E-state index is 5.79. The van der Waals surface area contributed by atoms with E-state index in [1.165, 1.54) is 4.88 Å². The molecule has 2 atom stereocenters. The first-order valence-electron chi connectivity index (χ1n) is 8.96. The fourth-order valence-electron chi connectivity index (χ4n) is 3.06. The number of nitrogens with one attached hydrogen (secondary N) is 2. The number of aliphatic imine (C=N–C) groups is 1. The molecule has 27 heavy (non-hydrogen) atoms. The summed E-state index contributed by atoms with van der Waals surface area (Å²) in [7, 11) is 1.78. The van der Waals surface area contributed by atoms with E-state index in [-0.39, 0.29) is 36.2 Å². The maximum Gasteiger partial charge on any atom is 0.191 e. The molecule has 0 bridgehead atoms. The lowest BCUT2D eigenvalue weighted by atomic mass is 10.2. The van der Waals surface area contributed by atoms with Crippen molar-refractivity contribution in [3.63, 3.8) is 0 Å². The molecular formula is C19H28IN5OS. The number of ether oxygens (including phenoxy) is 1. The van der Waals surface area contributed by atoms with Gasteiger partial charge >= 0.3 is 0 Å². The van der Waals surface area contributed by atoms with Crippen LogP contribution in [-0.2, 0) is 17.8 Å². The molecule has 3 heterocycles. The van der Waals surface area contributed by atoms with Crippen LogP contribution in [0.4, 0.5) is 5.82 Å². The van der Waals surface area contributed by atoms with Crippen LogP contribution in [-0.4, -0.2) is 43.3 Å². The number of halogens is 1. The van der Waals surface area contributed by atoms with E-state index in [1.807, 2.05) is 6.20 Å². The molecule has 0 radical (unpaired) electrons. The second-order valence-electron chi connectivity index (χ2n) is 6.55. The Morgan fingerprint density at radius 3 is 2.56 bits per heavy atom. The molecule has 2 aromatic heterocycles. The fourth-order valence-corrected chi connectivity index (χ4v) is 3.71. The van der Waals surface area contributed by atoms with Crippen molar-refractivity contribution in [1.29, 1.82) is 0 Å². The van der Waals surface area contributed by atoms with Gasteiger partial charge in [0.1, 0.15) is 5.82 Å². The third-order valence-electron chi connectivity index (χ3n) is 4.25. The van der Waals surface area contributed by atoms with Crippen molar-refractivity contribution in [1.82, 2.24) is 15.6 Å². The van der Waals surface area contributed by atoms with Crippen LogP contribution in [0.5, 0.6) is 0 Å². The van der Waals surface area contributed by atoms with Gasteiger partial charge in [-0.15, -0.1) is 35.3 Å². The molecule has 1 saturated heterocycles. The zero-order valence-corrected chi connectivity index (χ0v) is 19.2. The highest BCUT2D eigenvalue weighted by molar-refractivity contribution is 14.0. The van der Waals surface area contributed by atoms with Gasteiger partial charge in [0.25, 0.3) is 0 Å². The summed E-state index contributed by atoms with van der Waals surface area (Å²) in [6, 6.07) is 8.37. The zero-order valence-electron chi connectivity index (χ0n) is 16.0. The topological polar surface area (TPSA) is 61.8 Å². The third-order valence-corrected chi connectivity index (χ3v) is 5.12. The van der Waals surface area contributed by atoms with E-state index in [4.69, 9.17) is 4.74 Å². The largest absolute Gasteiger partial charge is 0.372 e. The number of hydrogen-bond acceptors (Lipinski definition) is 5. The molecule has 1 aliphatic heterocycles. The Labute approximate surface area is 182 Å². The predicted octanol–water partition coefficient (Wildman–Crippen LogP) is 3.24. The number of rotatable bonds is 5. The Morgan fingerprint density at radius 2 is 1.96 bits per heavy atom. The second-order valence-corrected chi connectivity index (χ2v) is 7.58. The Hall–Kier alpha value is -1.39. The SMILES string of the molecule is CN=C(NCc1ccc(N2CC(C)OC(C)C2)nc1)NCc1cccs1.I. The van der Waals surface area contributed by atoms with Crippen LogP contribution >= 0.6 is 35.3 Å². The van der Waals surface area contributed by atoms with Gasteiger partial charge in [-0.1, -0.05) is 12.1 Å². The van der Waals surface area contributed by atoms with Crippen LogP contribution in [0.25, 0.3) is 0 Å². The van der Waals surface area contributed by atoms with Crippen molar-refractivity contribution in [2.75, 3.05) is 25.0 Å². The average Bonchev–Trinajstić information content (AvgIpc) is 3.15. The predicted molar refractivity (Wildman–Crippen MR) is 123 cm³/mol. The van der Waals surface area contributed by atoms with E-state index in [2.05, 4.69) is 69.0 Å². The van der Waals surface area contributed by atoms with Gasteiger partial charge in [-0.05, 0) is 36.9 Å². The Balaban J connectivity index is 0.00000261. The van der Waals surface area contributed by atoms with Crippen LogP contribution in [0.1, 0.15) is 24.3 Å². The van der Waals surface area contributed by atoms with Crippen molar-refractivity contribution >= 4 is 47.1 Å². The number of nitrogens with zero attached hydrogens (tertiary/aromatic N) is 3. The molecule has 8 heteroatoms. The number of hydrogen-bond donors (Lipinski definition) is 2. The van der Waals surface area contributed by atoms with Gasteiger partial charge in [0, 0.05) is 37.8 Å². The molecule has 2 unspecified atom stereocenters. The molecular weight excluding hydrogens is 473 g/mol. The average molecular weight is 501 g/mol. The van der Waals surface area contributed by atoms with Crippen molar-refractivity contribution < 1.29 is 4.74 Å². The van der Waals surface area contributed by atoms with Crippen LogP contribution < -0.4 is 15.5 Å². The summed E-state index contributed by atoms with van der Waals surface area (Å²) >= 11 is 1.74. The van der Waals surface area contributed by atoms with Crippen LogP contribution in [0.2, 0.25) is 0 Å². The molecule has 0 aliphatic carbocycles. The molecule has 2 N–H and O–H groups in total. The van der Waals surface area contributed by atoms with Crippen LogP contribution in [0, 0.1) is 0 Å². The van der Waals surface area contributed by atoms with Crippen molar-refractivity contribution in [3.05, 3.63) is 46.3 Å². The third kappa shape index (κ3) is 6.62. The second kappa shape index (κ2) is 10.8. The number of thiophene rings is 1. The number of aromatic nitrogens is 1. The summed E-state index contributed by atoms with van der Waals surface area (Å²) in [6.07, 6.45) is 2.40. The summed E-state index contributed by atoms with van der Waals surface area (Å²) in [5.41, 5.74) is 1.13. The minimum absolute atomic E-state index is 0. The van der Waals surface area contributed by atoms with E-state index >= 15 is 0 Å². The van der Waals surface area contributed by atoms with Crippen molar-refractivity contribution in [2.24, 2.45) is 4.99 Å². The van der Waals surface area contributed by atoms with E-state index in [0.717, 1.165) is 37.0 Å². The smallest absolute Gasteiger partial charge is 0.191 e. The van der Waals surface area contributed by atoms with E-state index in [9.17, 15) is 0 Å². The molecule has 3 rings (SSSR count). The first kappa shape index (κ1) is 21.9. The van der Waals surface area contributed by atoms with Gasteiger partial charge < -0.3 is 20.3 Å². The van der Waals surface area contributed by atoms with Gasteiger partial charge in [0.2, 0.25) is 0 Å². The normalized spacial score (nSPS) is 20.1. The van der Waals surface area contributed by atoms with Crippen LogP contribution in [0.15, 0.2) is 40.8 Å². The summed E-state index contributed by atoms with van der Waals surface area (Å²) < 4.78 is 5.79. The van der Waals surface area contributed by atoms with Gasteiger partial charge in [-0.25, -0.2) is 4.98 Å². The molecule has 6 nitrogen and oxygen atoms in total. The zero-order chi connectivity index (χ0) is 18.4. The fraction of sp³-hybridized carbons (Fsp3) is 0.474. The molecule has 0 spiro atoms.